The average molecular weight is 572 g/mol. The van der Waals surface area contributed by atoms with Gasteiger partial charge in [-0.25, -0.2) is 4.39 Å². The number of likely N-dealkylation sites (N-methyl/N-ethyl adjacent to an activating group) is 1. The van der Waals surface area contributed by atoms with E-state index in [0.717, 1.165) is 35.7 Å². The van der Waals surface area contributed by atoms with Crippen LogP contribution in [0.5, 0.6) is 6.01 Å². The molecular formula is C32H38FN7O2. The number of hydrogen-bond donors (Lipinski definition) is 1. The number of fused-ring (bicyclic) bond motifs is 2. The third-order valence-electron chi connectivity index (χ3n) is 8.96. The van der Waals surface area contributed by atoms with Crippen molar-refractivity contribution < 1.29 is 14.2 Å². The summed E-state index contributed by atoms with van der Waals surface area (Å²) in [5.74, 6) is 0.805. The van der Waals surface area contributed by atoms with Gasteiger partial charge in [0.05, 0.1) is 30.8 Å². The van der Waals surface area contributed by atoms with Crippen LogP contribution >= 0.6 is 0 Å². The van der Waals surface area contributed by atoms with E-state index in [4.69, 9.17) is 14.7 Å². The van der Waals surface area contributed by atoms with E-state index in [1.165, 1.54) is 16.8 Å². The molecule has 0 aliphatic carbocycles. The Morgan fingerprint density at radius 2 is 1.98 bits per heavy atom. The summed E-state index contributed by atoms with van der Waals surface area (Å²) < 4.78 is 20.7. The monoisotopic (exact) mass is 571 g/mol. The van der Waals surface area contributed by atoms with E-state index in [1.807, 2.05) is 16.8 Å². The van der Waals surface area contributed by atoms with Gasteiger partial charge in [0, 0.05) is 55.4 Å². The molecule has 1 unspecified atom stereocenters. The standard InChI is InChI=1S/C32H38FN7O2/c1-3-30(41)40-18-17-39(19-23(40)11-14-34)31-25-12-16-38(28-10-6-8-22-7-4-5-9-24(22)28)20-27(25)35-32(36-31)42-21-29-26(33)13-15-37(29)2/h3-10,23,26,29-30,41H,1,11-13,15-21H2,2H3/t23-,26+,29+,30?/m0/s1. The van der Waals surface area contributed by atoms with Gasteiger partial charge in [0.2, 0.25) is 0 Å². The molecule has 9 nitrogen and oxygen atoms in total. The number of likely N-dealkylation sites (tertiary alicyclic amines) is 1. The first-order valence-corrected chi connectivity index (χ1v) is 14.7. The van der Waals surface area contributed by atoms with Gasteiger partial charge < -0.3 is 19.6 Å². The molecule has 220 valence electrons. The van der Waals surface area contributed by atoms with Gasteiger partial charge in [0.15, 0.2) is 0 Å². The van der Waals surface area contributed by atoms with Crippen LogP contribution in [0.4, 0.5) is 15.9 Å². The van der Waals surface area contributed by atoms with Gasteiger partial charge in [0.25, 0.3) is 0 Å². The van der Waals surface area contributed by atoms with E-state index in [0.29, 0.717) is 39.1 Å². The van der Waals surface area contributed by atoms with Crippen LogP contribution in [0, 0.1) is 11.3 Å². The second-order valence-electron chi connectivity index (χ2n) is 11.4. The Bertz CT molecular complexity index is 1460. The Labute approximate surface area is 246 Å². The maximum absolute atomic E-state index is 14.6. The molecule has 10 heteroatoms. The third-order valence-corrected chi connectivity index (χ3v) is 8.96. The second-order valence-corrected chi connectivity index (χ2v) is 11.4. The Kier molecular flexibility index (Phi) is 8.24. The van der Waals surface area contributed by atoms with Crippen LogP contribution < -0.4 is 14.5 Å². The molecular weight excluding hydrogens is 533 g/mol. The van der Waals surface area contributed by atoms with E-state index >= 15 is 0 Å². The summed E-state index contributed by atoms with van der Waals surface area (Å²) in [6.07, 6.45) is 1.28. The topological polar surface area (TPSA) is 92.0 Å². The lowest BCUT2D eigenvalue weighted by atomic mass is 10.0. The number of nitriles is 1. The molecule has 4 atom stereocenters. The number of piperazine rings is 1. The Morgan fingerprint density at radius 3 is 2.76 bits per heavy atom. The zero-order valence-electron chi connectivity index (χ0n) is 24.1. The molecule has 2 fully saturated rings. The first kappa shape index (κ1) is 28.3. The molecule has 0 amide bonds. The molecule has 42 heavy (non-hydrogen) atoms. The summed E-state index contributed by atoms with van der Waals surface area (Å²) >= 11 is 0. The first-order chi connectivity index (χ1) is 20.5. The first-order valence-electron chi connectivity index (χ1n) is 14.7. The van der Waals surface area contributed by atoms with E-state index in [-0.39, 0.29) is 31.1 Å². The highest BCUT2D eigenvalue weighted by molar-refractivity contribution is 5.94. The van der Waals surface area contributed by atoms with Crippen LogP contribution in [-0.4, -0.2) is 95.7 Å². The number of aliphatic hydroxyl groups excluding tert-OH is 1. The van der Waals surface area contributed by atoms with Crippen molar-refractivity contribution in [2.24, 2.45) is 0 Å². The number of benzene rings is 2. The molecule has 3 aromatic rings. The number of alkyl halides is 1. The molecule has 6 rings (SSSR count). The molecule has 0 spiro atoms. The number of rotatable bonds is 8. The number of nitrogens with zero attached hydrogens (tertiary/aromatic N) is 7. The van der Waals surface area contributed by atoms with Crippen molar-refractivity contribution >= 4 is 22.3 Å². The van der Waals surface area contributed by atoms with Gasteiger partial charge in [-0.15, -0.1) is 0 Å². The van der Waals surface area contributed by atoms with Crippen molar-refractivity contribution in [3.05, 3.63) is 66.4 Å². The van der Waals surface area contributed by atoms with Crippen molar-refractivity contribution in [2.75, 3.05) is 56.2 Å². The van der Waals surface area contributed by atoms with Crippen LogP contribution in [0.3, 0.4) is 0 Å². The van der Waals surface area contributed by atoms with E-state index in [9.17, 15) is 14.8 Å². The van der Waals surface area contributed by atoms with Crippen molar-refractivity contribution in [3.63, 3.8) is 0 Å². The Balaban J connectivity index is 1.33. The molecule has 2 aromatic carbocycles. The van der Waals surface area contributed by atoms with Crippen molar-refractivity contribution in [2.45, 2.75) is 50.3 Å². The van der Waals surface area contributed by atoms with E-state index in [1.54, 1.807) is 0 Å². The maximum Gasteiger partial charge on any atom is 0.318 e. The van der Waals surface area contributed by atoms with Crippen molar-refractivity contribution in [3.8, 4) is 12.1 Å². The predicted octanol–water partition coefficient (Wildman–Crippen LogP) is 3.52. The summed E-state index contributed by atoms with van der Waals surface area (Å²) in [4.78, 5) is 18.2. The Hall–Kier alpha value is -3.78. The highest BCUT2D eigenvalue weighted by Crippen LogP contribution is 2.35. The van der Waals surface area contributed by atoms with Gasteiger partial charge >= 0.3 is 6.01 Å². The largest absolute Gasteiger partial charge is 0.462 e. The zero-order chi connectivity index (χ0) is 29.2. The molecule has 3 aliphatic rings. The van der Waals surface area contributed by atoms with Gasteiger partial charge in [-0.2, -0.15) is 15.2 Å². The summed E-state index contributed by atoms with van der Waals surface area (Å²) in [7, 11) is 1.92. The normalized spacial score (nSPS) is 23.9. The second kappa shape index (κ2) is 12.2. The predicted molar refractivity (Wildman–Crippen MR) is 161 cm³/mol. The van der Waals surface area contributed by atoms with Crippen LogP contribution in [-0.2, 0) is 13.0 Å². The number of ether oxygens (including phenoxy) is 1. The minimum absolute atomic E-state index is 0.179. The summed E-state index contributed by atoms with van der Waals surface area (Å²) in [6.45, 7) is 7.74. The van der Waals surface area contributed by atoms with Gasteiger partial charge in [0.1, 0.15) is 24.8 Å². The fraction of sp³-hybridized carbons (Fsp3) is 0.469. The zero-order valence-corrected chi connectivity index (χ0v) is 24.1. The minimum atomic E-state index is -0.940. The van der Waals surface area contributed by atoms with E-state index in [2.05, 4.69) is 64.9 Å². The number of aliphatic hydroxyl groups is 1. The number of aromatic nitrogens is 2. The van der Waals surface area contributed by atoms with Gasteiger partial charge in [-0.05, 0) is 37.4 Å². The fourth-order valence-corrected chi connectivity index (χ4v) is 6.59. The number of halogens is 1. The van der Waals surface area contributed by atoms with Crippen LogP contribution in [0.2, 0.25) is 0 Å². The molecule has 1 aromatic heterocycles. The van der Waals surface area contributed by atoms with Crippen LogP contribution in [0.25, 0.3) is 10.8 Å². The van der Waals surface area contributed by atoms with Crippen LogP contribution in [0.1, 0.15) is 24.1 Å². The smallest absolute Gasteiger partial charge is 0.318 e. The lowest BCUT2D eigenvalue weighted by Crippen LogP contribution is -2.56. The molecule has 1 N–H and O–H groups in total. The summed E-state index contributed by atoms with van der Waals surface area (Å²) in [5.41, 5.74) is 3.14. The third kappa shape index (κ3) is 5.52. The average Bonchev–Trinajstić information content (AvgIpc) is 3.34. The fourth-order valence-electron chi connectivity index (χ4n) is 6.59. The molecule has 0 bridgehead atoms. The maximum atomic E-state index is 14.6. The number of anilines is 2. The molecule has 3 aliphatic heterocycles. The molecule has 0 saturated carbocycles. The molecule has 4 heterocycles. The number of hydrogen-bond acceptors (Lipinski definition) is 9. The van der Waals surface area contributed by atoms with E-state index < -0.39 is 12.4 Å². The summed E-state index contributed by atoms with van der Waals surface area (Å²) in [6, 6.07) is 16.8. The lowest BCUT2D eigenvalue weighted by Gasteiger charge is -2.43. The highest BCUT2D eigenvalue weighted by Gasteiger charge is 2.35. The summed E-state index contributed by atoms with van der Waals surface area (Å²) in [5, 5.41) is 22.4. The van der Waals surface area contributed by atoms with Crippen LogP contribution in [0.15, 0.2) is 55.1 Å². The quantitative estimate of drug-likeness (QED) is 0.408. The Morgan fingerprint density at radius 1 is 1.14 bits per heavy atom. The SMILES string of the molecule is C=CC(O)N1CCN(c2nc(OC[C@@H]3[C@H](F)CCN3C)nc3c2CCN(c2cccc4ccccc24)C3)C[C@@H]1CC#N. The minimum Gasteiger partial charge on any atom is -0.462 e. The molecule has 2 saturated heterocycles. The van der Waals surface area contributed by atoms with Gasteiger partial charge in [-0.1, -0.05) is 43.0 Å². The van der Waals surface area contributed by atoms with Crippen molar-refractivity contribution in [1.29, 1.82) is 5.26 Å². The molecule has 0 radical (unpaired) electrons. The van der Waals surface area contributed by atoms with Gasteiger partial charge in [-0.3, -0.25) is 9.80 Å². The van der Waals surface area contributed by atoms with Crippen molar-refractivity contribution in [1.82, 2.24) is 19.8 Å². The lowest BCUT2D eigenvalue weighted by molar-refractivity contribution is 0.00430. The highest BCUT2D eigenvalue weighted by atomic mass is 19.1.